The number of hydrogen-bond acceptors (Lipinski definition) is 2. The highest BCUT2D eigenvalue weighted by Gasteiger charge is 2.19. The van der Waals surface area contributed by atoms with Gasteiger partial charge in [0.05, 0.1) is 12.6 Å². The molecule has 0 radical (unpaired) electrons. The molecule has 0 unspecified atom stereocenters. The van der Waals surface area contributed by atoms with Crippen LogP contribution in [-0.4, -0.2) is 18.3 Å². The molecule has 0 atom stereocenters. The van der Waals surface area contributed by atoms with E-state index in [0.717, 1.165) is 0 Å². The number of halogens is 2. The van der Waals surface area contributed by atoms with Gasteiger partial charge in [0.15, 0.2) is 0 Å². The van der Waals surface area contributed by atoms with E-state index in [0.29, 0.717) is 11.1 Å². The van der Waals surface area contributed by atoms with Crippen LogP contribution in [0.1, 0.15) is 17.2 Å². The topological polar surface area (TPSA) is 32.3 Å². The van der Waals surface area contributed by atoms with E-state index in [9.17, 15) is 8.78 Å². The third-order valence-electron chi connectivity index (χ3n) is 2.89. The van der Waals surface area contributed by atoms with Crippen molar-refractivity contribution in [3.8, 4) is 0 Å². The first-order valence-corrected chi connectivity index (χ1v) is 6.07. The van der Waals surface area contributed by atoms with Gasteiger partial charge in [0.25, 0.3) is 0 Å². The van der Waals surface area contributed by atoms with E-state index in [1.165, 1.54) is 12.1 Å². The highest BCUT2D eigenvalue weighted by molar-refractivity contribution is 5.33. The van der Waals surface area contributed by atoms with Gasteiger partial charge in [-0.15, -0.1) is 0 Å². The van der Waals surface area contributed by atoms with Crippen LogP contribution in [0.2, 0.25) is 0 Å². The average molecular weight is 263 g/mol. The maximum atomic E-state index is 13.9. The van der Waals surface area contributed by atoms with Crippen LogP contribution in [0.25, 0.3) is 0 Å². The van der Waals surface area contributed by atoms with Gasteiger partial charge in [-0.3, -0.25) is 0 Å². The normalized spacial score (nSPS) is 10.9. The van der Waals surface area contributed by atoms with Crippen molar-refractivity contribution in [2.45, 2.75) is 6.04 Å². The zero-order chi connectivity index (χ0) is 13.7. The average Bonchev–Trinajstić information content (AvgIpc) is 2.42. The molecule has 0 amide bonds. The van der Waals surface area contributed by atoms with E-state index in [-0.39, 0.29) is 13.2 Å². The van der Waals surface area contributed by atoms with Crippen LogP contribution in [0, 0.1) is 11.6 Å². The van der Waals surface area contributed by atoms with Crippen molar-refractivity contribution in [1.82, 2.24) is 5.32 Å². The predicted octanol–water partition coefficient (Wildman–Crippen LogP) is 2.64. The molecule has 0 saturated carbocycles. The third-order valence-corrected chi connectivity index (χ3v) is 2.89. The molecule has 0 aliphatic heterocycles. The largest absolute Gasteiger partial charge is 0.395 e. The van der Waals surface area contributed by atoms with Gasteiger partial charge in [-0.05, 0) is 12.1 Å². The number of benzene rings is 2. The quantitative estimate of drug-likeness (QED) is 0.869. The van der Waals surface area contributed by atoms with Crippen LogP contribution in [0.4, 0.5) is 8.78 Å². The summed E-state index contributed by atoms with van der Waals surface area (Å²) in [6.07, 6.45) is 0. The Hall–Kier alpha value is -1.78. The number of aliphatic hydroxyl groups is 1. The van der Waals surface area contributed by atoms with E-state index in [4.69, 9.17) is 5.11 Å². The lowest BCUT2D eigenvalue weighted by atomic mass is 9.97. The van der Waals surface area contributed by atoms with E-state index in [1.54, 1.807) is 36.4 Å². The summed E-state index contributed by atoms with van der Waals surface area (Å²) in [4.78, 5) is 0. The van der Waals surface area contributed by atoms with Crippen LogP contribution < -0.4 is 5.32 Å². The molecule has 0 saturated heterocycles. The van der Waals surface area contributed by atoms with Crippen molar-refractivity contribution in [3.05, 3.63) is 71.3 Å². The van der Waals surface area contributed by atoms with Gasteiger partial charge >= 0.3 is 0 Å². The van der Waals surface area contributed by atoms with Gasteiger partial charge < -0.3 is 10.4 Å². The maximum absolute atomic E-state index is 13.9. The predicted molar refractivity (Wildman–Crippen MR) is 69.7 cm³/mol. The number of hydrogen-bond donors (Lipinski definition) is 2. The van der Waals surface area contributed by atoms with E-state index >= 15 is 0 Å². The van der Waals surface area contributed by atoms with Gasteiger partial charge in [0.2, 0.25) is 0 Å². The summed E-state index contributed by atoms with van der Waals surface area (Å²) in [5, 5.41) is 11.9. The van der Waals surface area contributed by atoms with Gasteiger partial charge in [-0.1, -0.05) is 36.4 Å². The summed E-state index contributed by atoms with van der Waals surface area (Å²) in [6.45, 7) is 0.159. The van der Waals surface area contributed by atoms with Gasteiger partial charge in [0.1, 0.15) is 11.6 Å². The molecule has 0 aromatic heterocycles. The maximum Gasteiger partial charge on any atom is 0.128 e. The molecule has 2 N–H and O–H groups in total. The minimum Gasteiger partial charge on any atom is -0.395 e. The lowest BCUT2D eigenvalue weighted by Crippen LogP contribution is -2.27. The molecule has 0 aliphatic carbocycles. The summed E-state index contributed by atoms with van der Waals surface area (Å²) in [6, 6.07) is 11.8. The Morgan fingerprint density at radius 1 is 0.895 bits per heavy atom. The summed E-state index contributed by atoms with van der Waals surface area (Å²) < 4.78 is 27.7. The summed E-state index contributed by atoms with van der Waals surface area (Å²) in [5.74, 6) is -0.803. The minimum atomic E-state index is -0.616. The zero-order valence-corrected chi connectivity index (χ0v) is 10.3. The second kappa shape index (κ2) is 6.41. The molecule has 0 spiro atoms. The van der Waals surface area contributed by atoms with Crippen molar-refractivity contribution in [2.75, 3.05) is 13.2 Å². The zero-order valence-electron chi connectivity index (χ0n) is 10.3. The van der Waals surface area contributed by atoms with Crippen molar-refractivity contribution < 1.29 is 13.9 Å². The molecule has 2 rings (SSSR count). The molecule has 0 fully saturated rings. The van der Waals surface area contributed by atoms with Gasteiger partial charge in [0, 0.05) is 17.7 Å². The van der Waals surface area contributed by atoms with Crippen LogP contribution >= 0.6 is 0 Å². The summed E-state index contributed by atoms with van der Waals surface area (Å²) in [7, 11) is 0. The second-order valence-electron chi connectivity index (χ2n) is 4.15. The molecular weight excluding hydrogens is 248 g/mol. The lowest BCUT2D eigenvalue weighted by Gasteiger charge is -2.20. The first-order valence-electron chi connectivity index (χ1n) is 6.07. The van der Waals surface area contributed by atoms with Crippen LogP contribution in [0.5, 0.6) is 0 Å². The fraction of sp³-hybridized carbons (Fsp3) is 0.200. The fourth-order valence-electron chi connectivity index (χ4n) is 2.01. The highest BCUT2D eigenvalue weighted by atomic mass is 19.1. The molecule has 100 valence electrons. The first kappa shape index (κ1) is 13.6. The lowest BCUT2D eigenvalue weighted by molar-refractivity contribution is 0.287. The Kier molecular flexibility index (Phi) is 4.60. The third kappa shape index (κ3) is 3.16. The molecule has 0 heterocycles. The van der Waals surface area contributed by atoms with Crippen LogP contribution in [-0.2, 0) is 0 Å². The minimum absolute atomic E-state index is 0.0978. The van der Waals surface area contributed by atoms with Crippen molar-refractivity contribution >= 4 is 0 Å². The smallest absolute Gasteiger partial charge is 0.128 e. The van der Waals surface area contributed by atoms with E-state index in [1.807, 2.05) is 0 Å². The first-order chi connectivity index (χ1) is 9.24. The second-order valence-corrected chi connectivity index (χ2v) is 4.15. The molecule has 0 aliphatic rings. The highest BCUT2D eigenvalue weighted by Crippen LogP contribution is 2.26. The van der Waals surface area contributed by atoms with Crippen LogP contribution in [0.3, 0.4) is 0 Å². The molecule has 19 heavy (non-hydrogen) atoms. The Morgan fingerprint density at radius 3 is 1.79 bits per heavy atom. The van der Waals surface area contributed by atoms with Crippen molar-refractivity contribution in [3.63, 3.8) is 0 Å². The Bertz CT molecular complexity index is 500. The standard InChI is InChI=1S/C15H15F2NO/c16-13-7-3-1-5-11(13)15(18-9-10-19)12-6-2-4-8-14(12)17/h1-8,15,18-19H,9-10H2. The Balaban J connectivity index is 2.42. The molecule has 2 aromatic rings. The monoisotopic (exact) mass is 263 g/mol. The number of nitrogens with one attached hydrogen (secondary N) is 1. The Labute approximate surface area is 110 Å². The number of rotatable bonds is 5. The molecule has 4 heteroatoms. The molecular formula is C15H15F2NO. The van der Waals surface area contributed by atoms with Crippen LogP contribution in [0.15, 0.2) is 48.5 Å². The molecule has 2 aromatic carbocycles. The van der Waals surface area contributed by atoms with E-state index in [2.05, 4.69) is 5.32 Å². The summed E-state index contributed by atoms with van der Waals surface area (Å²) >= 11 is 0. The van der Waals surface area contributed by atoms with Gasteiger partial charge in [-0.25, -0.2) is 8.78 Å². The van der Waals surface area contributed by atoms with Crippen molar-refractivity contribution in [1.29, 1.82) is 0 Å². The van der Waals surface area contributed by atoms with Gasteiger partial charge in [-0.2, -0.15) is 0 Å². The molecule has 0 bridgehead atoms. The van der Waals surface area contributed by atoms with E-state index < -0.39 is 17.7 Å². The fourth-order valence-corrected chi connectivity index (χ4v) is 2.01. The molecule has 2 nitrogen and oxygen atoms in total. The number of aliphatic hydroxyl groups excluding tert-OH is 1. The summed E-state index contributed by atoms with van der Waals surface area (Å²) in [5.41, 5.74) is 0.724. The van der Waals surface area contributed by atoms with Crippen molar-refractivity contribution in [2.24, 2.45) is 0 Å². The SMILES string of the molecule is OCCNC(c1ccccc1F)c1ccccc1F. The Morgan fingerprint density at radius 2 is 1.37 bits per heavy atom.